The van der Waals surface area contributed by atoms with Crippen molar-refractivity contribution in [1.29, 1.82) is 0 Å². The second kappa shape index (κ2) is 3.72. The lowest BCUT2D eigenvalue weighted by atomic mass is 9.57. The fourth-order valence-electron chi connectivity index (χ4n) is 4.87. The fraction of sp³-hybridized carbons (Fsp3) is 0.444. The summed E-state index contributed by atoms with van der Waals surface area (Å²) in [5.74, 6) is 1.86. The Bertz CT molecular complexity index is 705. The van der Waals surface area contributed by atoms with Crippen LogP contribution < -0.4 is 9.47 Å². The molecule has 0 radical (unpaired) electrons. The Morgan fingerprint density at radius 1 is 1.38 bits per heavy atom. The smallest absolute Gasteiger partial charge is 0.166 e. The van der Waals surface area contributed by atoms with Crippen LogP contribution in [-0.4, -0.2) is 37.7 Å². The number of ether oxygens (including phenoxy) is 2. The summed E-state index contributed by atoms with van der Waals surface area (Å²) in [6.45, 7) is 1.13. The molecule has 1 aromatic carbocycles. The zero-order chi connectivity index (χ0) is 14.2. The predicted octanol–water partition coefficient (Wildman–Crippen LogP) is 2.45. The monoisotopic (exact) mass is 281 g/mol. The molecule has 4 aliphatic rings. The molecule has 2 aliphatic heterocycles. The molecule has 3 heteroatoms. The molecule has 0 saturated carbocycles. The van der Waals surface area contributed by atoms with Gasteiger partial charge in [-0.3, -0.25) is 4.90 Å². The van der Waals surface area contributed by atoms with Gasteiger partial charge in [0.05, 0.1) is 12.5 Å². The first kappa shape index (κ1) is 11.9. The molecule has 0 N–H and O–H groups in total. The molecule has 2 heterocycles. The van der Waals surface area contributed by atoms with E-state index in [4.69, 9.17) is 9.47 Å². The van der Waals surface area contributed by atoms with Gasteiger partial charge >= 0.3 is 0 Å². The van der Waals surface area contributed by atoms with E-state index in [1.165, 1.54) is 11.1 Å². The molecule has 0 unspecified atom stereocenters. The summed E-state index contributed by atoms with van der Waals surface area (Å²) in [7, 11) is 3.98. The zero-order valence-corrected chi connectivity index (χ0v) is 12.4. The maximum Gasteiger partial charge on any atom is 0.166 e. The highest BCUT2D eigenvalue weighted by Crippen LogP contribution is 2.61. The summed E-state index contributed by atoms with van der Waals surface area (Å²) in [5.41, 5.74) is 4.45. The van der Waals surface area contributed by atoms with E-state index in [2.05, 4.69) is 42.3 Å². The van der Waals surface area contributed by atoms with E-state index >= 15 is 0 Å². The van der Waals surface area contributed by atoms with Crippen LogP contribution in [0.4, 0.5) is 0 Å². The van der Waals surface area contributed by atoms with Gasteiger partial charge in [-0.25, -0.2) is 0 Å². The van der Waals surface area contributed by atoms with E-state index < -0.39 is 0 Å². The summed E-state index contributed by atoms with van der Waals surface area (Å²) >= 11 is 0. The number of piperidine rings is 1. The molecular formula is C18H19NO2. The van der Waals surface area contributed by atoms with Gasteiger partial charge in [-0.2, -0.15) is 0 Å². The van der Waals surface area contributed by atoms with Crippen molar-refractivity contribution >= 4 is 0 Å². The minimum absolute atomic E-state index is 0.0589. The summed E-state index contributed by atoms with van der Waals surface area (Å²) < 4.78 is 11.9. The number of hydrogen-bond acceptors (Lipinski definition) is 3. The van der Waals surface area contributed by atoms with Crippen LogP contribution in [0.15, 0.2) is 35.9 Å². The van der Waals surface area contributed by atoms with Crippen molar-refractivity contribution in [3.63, 3.8) is 0 Å². The summed E-state index contributed by atoms with van der Waals surface area (Å²) in [6, 6.07) is 4.82. The van der Waals surface area contributed by atoms with Crippen molar-refractivity contribution in [3.8, 4) is 11.5 Å². The topological polar surface area (TPSA) is 21.7 Å². The van der Waals surface area contributed by atoms with Gasteiger partial charge in [0.2, 0.25) is 0 Å². The first-order valence-electron chi connectivity index (χ1n) is 7.72. The number of allylic oxidation sites excluding steroid dienone is 2. The van der Waals surface area contributed by atoms with Gasteiger partial charge in [-0.15, -0.1) is 0 Å². The Morgan fingerprint density at radius 2 is 2.29 bits per heavy atom. The fourth-order valence-corrected chi connectivity index (χ4v) is 4.87. The lowest BCUT2D eigenvalue weighted by Gasteiger charge is -2.52. The minimum Gasteiger partial charge on any atom is -0.493 e. The molecule has 3 nitrogen and oxygen atoms in total. The maximum atomic E-state index is 6.36. The average Bonchev–Trinajstić information content (AvgIpc) is 2.84. The average molecular weight is 281 g/mol. The number of methoxy groups -OCH3 is 1. The zero-order valence-electron chi connectivity index (χ0n) is 12.4. The lowest BCUT2D eigenvalue weighted by Crippen LogP contribution is -2.57. The SMILES string of the molecule is COc1ccc2c3c1O[C@H]1C=CC=C4[C@@H](C2)N(C)CC[C@]431. The highest BCUT2D eigenvalue weighted by molar-refractivity contribution is 5.67. The number of benzene rings is 1. The van der Waals surface area contributed by atoms with Crippen LogP contribution in [0.25, 0.3) is 0 Å². The summed E-state index contributed by atoms with van der Waals surface area (Å²) in [4.78, 5) is 2.50. The molecule has 108 valence electrons. The Labute approximate surface area is 124 Å². The maximum absolute atomic E-state index is 6.36. The largest absolute Gasteiger partial charge is 0.493 e. The highest BCUT2D eigenvalue weighted by Gasteiger charge is 2.59. The van der Waals surface area contributed by atoms with E-state index in [-0.39, 0.29) is 11.5 Å². The molecule has 2 bridgehead atoms. The Morgan fingerprint density at radius 3 is 3.14 bits per heavy atom. The number of hydrogen-bond donors (Lipinski definition) is 0. The van der Waals surface area contributed by atoms with Gasteiger partial charge in [0.1, 0.15) is 6.10 Å². The molecule has 0 amide bonds. The van der Waals surface area contributed by atoms with Gasteiger partial charge < -0.3 is 9.47 Å². The highest BCUT2D eigenvalue weighted by atomic mass is 16.5. The molecular weight excluding hydrogens is 262 g/mol. The normalized spacial score (nSPS) is 35.0. The van der Waals surface area contributed by atoms with Crippen LogP contribution in [0.5, 0.6) is 11.5 Å². The van der Waals surface area contributed by atoms with Gasteiger partial charge in [-0.05, 0) is 49.7 Å². The van der Waals surface area contributed by atoms with Crippen LogP contribution >= 0.6 is 0 Å². The molecule has 1 spiro atoms. The number of likely N-dealkylation sites (N-methyl/N-ethyl adjacent to an activating group) is 1. The van der Waals surface area contributed by atoms with Crippen LogP contribution in [0.1, 0.15) is 17.5 Å². The second-order valence-corrected chi connectivity index (χ2v) is 6.60. The molecule has 5 rings (SSSR count). The van der Waals surface area contributed by atoms with E-state index in [9.17, 15) is 0 Å². The third-order valence-electron chi connectivity index (χ3n) is 5.84. The van der Waals surface area contributed by atoms with E-state index in [0.717, 1.165) is 30.9 Å². The van der Waals surface area contributed by atoms with Crippen molar-refractivity contribution in [2.45, 2.75) is 30.4 Å². The van der Waals surface area contributed by atoms with Crippen molar-refractivity contribution in [2.24, 2.45) is 0 Å². The first-order valence-corrected chi connectivity index (χ1v) is 7.72. The quantitative estimate of drug-likeness (QED) is 0.789. The number of likely N-dealkylation sites (tertiary alicyclic amines) is 1. The molecule has 21 heavy (non-hydrogen) atoms. The third-order valence-corrected chi connectivity index (χ3v) is 5.84. The van der Waals surface area contributed by atoms with E-state index in [1.54, 1.807) is 12.7 Å². The number of nitrogens with zero attached hydrogens (tertiary/aromatic N) is 1. The van der Waals surface area contributed by atoms with Crippen molar-refractivity contribution in [2.75, 3.05) is 20.7 Å². The van der Waals surface area contributed by atoms with Crippen molar-refractivity contribution in [3.05, 3.63) is 47.1 Å². The molecule has 2 aliphatic carbocycles. The van der Waals surface area contributed by atoms with Crippen molar-refractivity contribution < 1.29 is 9.47 Å². The van der Waals surface area contributed by atoms with Gasteiger partial charge in [0.25, 0.3) is 0 Å². The molecule has 1 fully saturated rings. The standard InChI is InChI=1S/C18H19NO2/c1-19-9-8-18-12-4-3-5-15(18)21-17-14(20-2)7-6-11(16(17)18)10-13(12)19/h3-7,13,15H,8-10H2,1-2H3/t13-,15+,18-/m1/s1. The van der Waals surface area contributed by atoms with E-state index in [1.807, 2.05) is 0 Å². The van der Waals surface area contributed by atoms with Crippen molar-refractivity contribution in [1.82, 2.24) is 4.90 Å². The Hall–Kier alpha value is -1.74. The summed E-state index contributed by atoms with van der Waals surface area (Å²) in [5, 5.41) is 0. The molecule has 1 saturated heterocycles. The molecule has 3 atom stereocenters. The molecule has 0 aromatic heterocycles. The second-order valence-electron chi connectivity index (χ2n) is 6.60. The Balaban J connectivity index is 1.85. The predicted molar refractivity (Wildman–Crippen MR) is 81.1 cm³/mol. The third kappa shape index (κ3) is 1.21. The van der Waals surface area contributed by atoms with Gasteiger partial charge in [0.15, 0.2) is 11.5 Å². The minimum atomic E-state index is 0.0589. The van der Waals surface area contributed by atoms with E-state index in [0.29, 0.717) is 6.04 Å². The summed E-state index contributed by atoms with van der Waals surface area (Å²) in [6.07, 6.45) is 9.08. The van der Waals surface area contributed by atoms with Crippen LogP contribution in [0.2, 0.25) is 0 Å². The lowest BCUT2D eigenvalue weighted by molar-refractivity contribution is 0.117. The first-order chi connectivity index (χ1) is 10.3. The van der Waals surface area contributed by atoms with Gasteiger partial charge in [-0.1, -0.05) is 18.2 Å². The van der Waals surface area contributed by atoms with Crippen LogP contribution in [0.3, 0.4) is 0 Å². The van der Waals surface area contributed by atoms with Gasteiger partial charge in [0, 0.05) is 11.6 Å². The molecule has 1 aromatic rings. The van der Waals surface area contributed by atoms with Crippen LogP contribution in [0, 0.1) is 0 Å². The Kier molecular flexibility index (Phi) is 2.10. The number of rotatable bonds is 1. The van der Waals surface area contributed by atoms with Crippen LogP contribution in [-0.2, 0) is 11.8 Å².